The van der Waals surface area contributed by atoms with Gasteiger partial charge in [0.2, 0.25) is 5.91 Å². The van der Waals surface area contributed by atoms with E-state index in [1.165, 1.54) is 0 Å². The molecule has 0 saturated heterocycles. The number of hydrogen-bond acceptors (Lipinski definition) is 3. The smallest absolute Gasteiger partial charge is 0.276 e. The number of para-hydroxylation sites is 1. The van der Waals surface area contributed by atoms with Crippen LogP contribution in [-0.2, 0) is 22.4 Å². The number of carbonyl (C=O) groups excluding carboxylic acids is 2. The lowest BCUT2D eigenvalue weighted by Gasteiger charge is -2.11. The molecule has 25 heavy (non-hydrogen) atoms. The van der Waals surface area contributed by atoms with E-state index >= 15 is 0 Å². The molecular formula is C19H21ClN2O3. The second kappa shape index (κ2) is 9.69. The summed E-state index contributed by atoms with van der Waals surface area (Å²) < 4.78 is 5.49. The van der Waals surface area contributed by atoms with Gasteiger partial charge in [0, 0.05) is 11.4 Å². The zero-order valence-electron chi connectivity index (χ0n) is 14.0. The molecule has 132 valence electrons. The van der Waals surface area contributed by atoms with Gasteiger partial charge in [-0.15, -0.1) is 0 Å². The lowest BCUT2D eigenvalue weighted by Crippen LogP contribution is -2.43. The highest BCUT2D eigenvalue weighted by atomic mass is 35.5. The van der Waals surface area contributed by atoms with Gasteiger partial charge in [-0.25, -0.2) is 0 Å². The number of hydrogen-bond donors (Lipinski definition) is 2. The molecule has 5 nitrogen and oxygen atoms in total. The lowest BCUT2D eigenvalue weighted by molar-refractivity contribution is -0.130. The summed E-state index contributed by atoms with van der Waals surface area (Å²) in [6.45, 7) is 1.85. The van der Waals surface area contributed by atoms with Crippen LogP contribution >= 0.6 is 11.6 Å². The SMILES string of the molecule is CCc1ccccc1OCC(=O)NNC(=O)CCc1ccccc1Cl. The van der Waals surface area contributed by atoms with E-state index in [0.29, 0.717) is 17.2 Å². The summed E-state index contributed by atoms with van der Waals surface area (Å²) in [7, 11) is 0. The molecule has 0 aliphatic heterocycles. The second-order valence-corrected chi connectivity index (χ2v) is 5.84. The first-order chi connectivity index (χ1) is 12.1. The topological polar surface area (TPSA) is 67.4 Å². The van der Waals surface area contributed by atoms with E-state index in [0.717, 1.165) is 17.5 Å². The van der Waals surface area contributed by atoms with Gasteiger partial charge in [-0.3, -0.25) is 20.4 Å². The molecule has 0 bridgehead atoms. The normalized spacial score (nSPS) is 10.2. The molecule has 0 spiro atoms. The van der Waals surface area contributed by atoms with Gasteiger partial charge in [0.1, 0.15) is 5.75 Å². The van der Waals surface area contributed by atoms with E-state index in [1.807, 2.05) is 49.4 Å². The van der Waals surface area contributed by atoms with Crippen molar-refractivity contribution < 1.29 is 14.3 Å². The fourth-order valence-corrected chi connectivity index (χ4v) is 2.50. The summed E-state index contributed by atoms with van der Waals surface area (Å²) in [5.74, 6) is -0.0376. The monoisotopic (exact) mass is 360 g/mol. The molecule has 2 rings (SSSR count). The van der Waals surface area contributed by atoms with Gasteiger partial charge >= 0.3 is 0 Å². The van der Waals surface area contributed by atoms with Crippen molar-refractivity contribution in [3.8, 4) is 5.75 Å². The molecule has 0 aliphatic carbocycles. The zero-order valence-corrected chi connectivity index (χ0v) is 14.8. The molecule has 2 aromatic rings. The Morgan fingerprint density at radius 1 is 0.960 bits per heavy atom. The Bertz CT molecular complexity index is 734. The Labute approximate surface area is 152 Å². The van der Waals surface area contributed by atoms with Gasteiger partial charge in [0.25, 0.3) is 5.91 Å². The predicted molar refractivity (Wildman–Crippen MR) is 97.4 cm³/mol. The Kier molecular flexibility index (Phi) is 7.29. The van der Waals surface area contributed by atoms with Crippen LogP contribution in [0.4, 0.5) is 0 Å². The number of amides is 2. The molecule has 0 heterocycles. The number of rotatable bonds is 7. The van der Waals surface area contributed by atoms with E-state index in [1.54, 1.807) is 6.07 Å². The largest absolute Gasteiger partial charge is 0.483 e. The summed E-state index contributed by atoms with van der Waals surface area (Å²) in [6, 6.07) is 14.9. The molecular weight excluding hydrogens is 340 g/mol. The van der Waals surface area contributed by atoms with Crippen LogP contribution in [0.5, 0.6) is 5.75 Å². The second-order valence-electron chi connectivity index (χ2n) is 5.44. The number of hydrazine groups is 1. The maximum Gasteiger partial charge on any atom is 0.276 e. The van der Waals surface area contributed by atoms with Crippen LogP contribution in [0, 0.1) is 0 Å². The molecule has 0 unspecified atom stereocenters. The summed E-state index contributed by atoms with van der Waals surface area (Å²) in [5, 5.41) is 0.627. The van der Waals surface area contributed by atoms with Gasteiger partial charge in [0.15, 0.2) is 6.61 Å². The highest BCUT2D eigenvalue weighted by Gasteiger charge is 2.08. The number of carbonyl (C=O) groups is 2. The van der Waals surface area contributed by atoms with Crippen molar-refractivity contribution in [3.05, 3.63) is 64.7 Å². The van der Waals surface area contributed by atoms with Crippen LogP contribution in [0.25, 0.3) is 0 Å². The Hall–Kier alpha value is -2.53. The highest BCUT2D eigenvalue weighted by molar-refractivity contribution is 6.31. The van der Waals surface area contributed by atoms with Gasteiger partial charge in [-0.1, -0.05) is 54.9 Å². The Morgan fingerprint density at radius 3 is 2.32 bits per heavy atom. The molecule has 0 radical (unpaired) electrons. The van der Waals surface area contributed by atoms with E-state index in [9.17, 15) is 9.59 Å². The van der Waals surface area contributed by atoms with E-state index in [-0.39, 0.29) is 18.9 Å². The van der Waals surface area contributed by atoms with Gasteiger partial charge in [-0.2, -0.15) is 0 Å². The first-order valence-corrected chi connectivity index (χ1v) is 8.49. The molecule has 0 saturated carbocycles. The van der Waals surface area contributed by atoms with E-state index in [2.05, 4.69) is 10.9 Å². The van der Waals surface area contributed by atoms with E-state index < -0.39 is 5.91 Å². The number of aryl methyl sites for hydroxylation is 2. The minimum atomic E-state index is -0.419. The molecule has 2 aromatic carbocycles. The summed E-state index contributed by atoms with van der Waals surface area (Å²) in [4.78, 5) is 23.6. The molecule has 0 aromatic heterocycles. The molecule has 2 amide bonds. The molecule has 0 aliphatic rings. The lowest BCUT2D eigenvalue weighted by atomic mass is 10.1. The minimum Gasteiger partial charge on any atom is -0.483 e. The van der Waals surface area contributed by atoms with Crippen molar-refractivity contribution in [1.29, 1.82) is 0 Å². The van der Waals surface area contributed by atoms with Gasteiger partial charge in [-0.05, 0) is 36.1 Å². The number of nitrogens with one attached hydrogen (secondary N) is 2. The molecule has 2 N–H and O–H groups in total. The van der Waals surface area contributed by atoms with Crippen LogP contribution in [-0.4, -0.2) is 18.4 Å². The highest BCUT2D eigenvalue weighted by Crippen LogP contribution is 2.18. The van der Waals surface area contributed by atoms with Crippen molar-refractivity contribution in [2.24, 2.45) is 0 Å². The Balaban J connectivity index is 1.71. The van der Waals surface area contributed by atoms with Crippen LogP contribution in [0.3, 0.4) is 0 Å². The fourth-order valence-electron chi connectivity index (χ4n) is 2.27. The predicted octanol–water partition coefficient (Wildman–Crippen LogP) is 3.06. The fraction of sp³-hybridized carbons (Fsp3) is 0.263. The van der Waals surface area contributed by atoms with Crippen LogP contribution in [0.1, 0.15) is 24.5 Å². The third-order valence-electron chi connectivity index (χ3n) is 3.63. The van der Waals surface area contributed by atoms with Gasteiger partial charge in [0.05, 0.1) is 0 Å². The average molecular weight is 361 g/mol. The van der Waals surface area contributed by atoms with Crippen LogP contribution in [0.2, 0.25) is 5.02 Å². The Morgan fingerprint density at radius 2 is 1.60 bits per heavy atom. The molecule has 0 atom stereocenters. The van der Waals surface area contributed by atoms with Gasteiger partial charge < -0.3 is 4.74 Å². The molecule has 0 fully saturated rings. The zero-order chi connectivity index (χ0) is 18.1. The summed E-state index contributed by atoms with van der Waals surface area (Å²) in [5.41, 5.74) is 6.64. The number of benzene rings is 2. The van der Waals surface area contributed by atoms with Crippen molar-refractivity contribution in [1.82, 2.24) is 10.9 Å². The maximum atomic E-state index is 11.8. The average Bonchev–Trinajstić information content (AvgIpc) is 2.64. The summed E-state index contributed by atoms with van der Waals surface area (Å²) in [6.07, 6.45) is 1.54. The van der Waals surface area contributed by atoms with Crippen molar-refractivity contribution in [2.75, 3.05) is 6.61 Å². The standard InChI is InChI=1S/C19H21ClN2O3/c1-2-14-7-4-6-10-17(14)25-13-19(24)22-21-18(23)12-11-15-8-3-5-9-16(15)20/h3-10H,2,11-13H2,1H3,(H,21,23)(H,22,24). The quantitative estimate of drug-likeness (QED) is 0.746. The van der Waals surface area contributed by atoms with Crippen LogP contribution < -0.4 is 15.6 Å². The van der Waals surface area contributed by atoms with Crippen molar-refractivity contribution in [3.63, 3.8) is 0 Å². The maximum absolute atomic E-state index is 11.8. The van der Waals surface area contributed by atoms with Crippen molar-refractivity contribution >= 4 is 23.4 Å². The number of halogens is 1. The third-order valence-corrected chi connectivity index (χ3v) is 4.00. The minimum absolute atomic E-state index is 0.165. The first-order valence-electron chi connectivity index (χ1n) is 8.12. The third kappa shape index (κ3) is 6.12. The first kappa shape index (κ1) is 18.8. The van der Waals surface area contributed by atoms with Crippen molar-refractivity contribution in [2.45, 2.75) is 26.2 Å². The summed E-state index contributed by atoms with van der Waals surface area (Å²) >= 11 is 6.04. The molecule has 6 heteroatoms. The number of ether oxygens (including phenoxy) is 1. The van der Waals surface area contributed by atoms with E-state index in [4.69, 9.17) is 16.3 Å². The van der Waals surface area contributed by atoms with Crippen LogP contribution in [0.15, 0.2) is 48.5 Å².